The van der Waals surface area contributed by atoms with Crippen LogP contribution in [0.2, 0.25) is 0 Å². The lowest BCUT2D eigenvalue weighted by Crippen LogP contribution is -2.35. The SMILES string of the molecule is O=C(NCC1COC2(CCCC2)O1)c1nc(-c2cnccn2)no1. The average Bonchev–Trinajstić information content (AvgIpc) is 3.36. The molecule has 0 bridgehead atoms. The number of carbonyl (C=O) groups excluding carboxylic acids is 1. The molecule has 1 saturated carbocycles. The quantitative estimate of drug-likeness (QED) is 0.881. The Bertz CT molecular complexity index is 714. The van der Waals surface area contributed by atoms with E-state index in [0.29, 0.717) is 18.8 Å². The Labute approximate surface area is 137 Å². The van der Waals surface area contributed by atoms with E-state index in [-0.39, 0.29) is 17.8 Å². The Kier molecular flexibility index (Phi) is 3.95. The molecule has 2 aliphatic rings. The maximum atomic E-state index is 12.1. The highest BCUT2D eigenvalue weighted by molar-refractivity contribution is 5.89. The molecule has 2 aromatic rings. The molecule has 1 aliphatic heterocycles. The summed E-state index contributed by atoms with van der Waals surface area (Å²) in [4.78, 5) is 24.1. The fourth-order valence-corrected chi connectivity index (χ4v) is 3.01. The van der Waals surface area contributed by atoms with Gasteiger partial charge in [0.2, 0.25) is 5.82 Å². The maximum absolute atomic E-state index is 12.1. The number of nitrogens with zero attached hydrogens (tertiary/aromatic N) is 4. The van der Waals surface area contributed by atoms with Crippen molar-refractivity contribution in [2.75, 3.05) is 13.2 Å². The number of amides is 1. The molecular formula is C15H17N5O4. The molecule has 3 heterocycles. The van der Waals surface area contributed by atoms with E-state index < -0.39 is 11.7 Å². The van der Waals surface area contributed by atoms with Crippen LogP contribution in [-0.4, -0.2) is 51.1 Å². The summed E-state index contributed by atoms with van der Waals surface area (Å²) in [6.07, 6.45) is 8.47. The fourth-order valence-electron chi connectivity index (χ4n) is 3.01. The molecule has 0 radical (unpaired) electrons. The largest absolute Gasteiger partial charge is 0.347 e. The molecule has 1 atom stereocenters. The predicted molar refractivity (Wildman–Crippen MR) is 79.7 cm³/mol. The van der Waals surface area contributed by atoms with Crippen LogP contribution in [0.15, 0.2) is 23.1 Å². The molecule has 2 fully saturated rings. The number of aromatic nitrogens is 4. The van der Waals surface area contributed by atoms with Crippen molar-refractivity contribution >= 4 is 5.91 Å². The van der Waals surface area contributed by atoms with Gasteiger partial charge >= 0.3 is 11.8 Å². The van der Waals surface area contributed by atoms with Crippen molar-refractivity contribution < 1.29 is 18.8 Å². The van der Waals surface area contributed by atoms with E-state index in [1.807, 2.05) is 0 Å². The van der Waals surface area contributed by atoms with Crippen LogP contribution >= 0.6 is 0 Å². The van der Waals surface area contributed by atoms with Gasteiger partial charge in [-0.25, -0.2) is 4.98 Å². The van der Waals surface area contributed by atoms with Gasteiger partial charge in [0, 0.05) is 31.8 Å². The highest BCUT2D eigenvalue weighted by Gasteiger charge is 2.43. The number of hydrogen-bond acceptors (Lipinski definition) is 8. The van der Waals surface area contributed by atoms with Crippen LogP contribution in [0.25, 0.3) is 11.5 Å². The lowest BCUT2D eigenvalue weighted by atomic mass is 10.2. The molecule has 4 rings (SSSR count). The highest BCUT2D eigenvalue weighted by Crippen LogP contribution is 2.38. The van der Waals surface area contributed by atoms with E-state index in [2.05, 4.69) is 25.4 Å². The van der Waals surface area contributed by atoms with Gasteiger partial charge in [0.1, 0.15) is 11.8 Å². The zero-order valence-corrected chi connectivity index (χ0v) is 13.0. The second kappa shape index (κ2) is 6.25. The molecule has 1 spiro atoms. The summed E-state index contributed by atoms with van der Waals surface area (Å²) in [6.45, 7) is 0.818. The van der Waals surface area contributed by atoms with Crippen LogP contribution in [0.5, 0.6) is 0 Å². The highest BCUT2D eigenvalue weighted by atomic mass is 16.7. The van der Waals surface area contributed by atoms with Gasteiger partial charge in [0.15, 0.2) is 5.79 Å². The predicted octanol–water partition coefficient (Wildman–Crippen LogP) is 0.942. The molecule has 9 nitrogen and oxygen atoms in total. The Balaban J connectivity index is 1.33. The Hall–Kier alpha value is -2.39. The van der Waals surface area contributed by atoms with Crippen molar-refractivity contribution in [3.8, 4) is 11.5 Å². The van der Waals surface area contributed by atoms with Gasteiger partial charge in [-0.15, -0.1) is 0 Å². The molecule has 1 aliphatic carbocycles. The number of hydrogen-bond donors (Lipinski definition) is 1. The molecule has 9 heteroatoms. The Morgan fingerprint density at radius 3 is 3.00 bits per heavy atom. The van der Waals surface area contributed by atoms with Gasteiger partial charge in [-0.2, -0.15) is 4.98 Å². The summed E-state index contributed by atoms with van der Waals surface area (Å²) < 4.78 is 16.7. The van der Waals surface area contributed by atoms with Gasteiger partial charge in [-0.05, 0) is 12.8 Å². The fraction of sp³-hybridized carbons (Fsp3) is 0.533. The van der Waals surface area contributed by atoms with E-state index in [9.17, 15) is 4.79 Å². The van der Waals surface area contributed by atoms with Gasteiger partial charge in [0.05, 0.1) is 12.8 Å². The molecule has 2 aromatic heterocycles. The summed E-state index contributed by atoms with van der Waals surface area (Å²) in [5.41, 5.74) is 0.441. The molecule has 0 aromatic carbocycles. The van der Waals surface area contributed by atoms with Gasteiger partial charge in [-0.1, -0.05) is 5.16 Å². The minimum Gasteiger partial charge on any atom is -0.347 e. The first-order valence-corrected chi connectivity index (χ1v) is 7.94. The number of ether oxygens (including phenoxy) is 2. The average molecular weight is 331 g/mol. The number of carbonyl (C=O) groups is 1. The summed E-state index contributed by atoms with van der Waals surface area (Å²) in [7, 11) is 0. The van der Waals surface area contributed by atoms with E-state index in [1.54, 1.807) is 0 Å². The zero-order valence-electron chi connectivity index (χ0n) is 13.0. The smallest absolute Gasteiger partial charge is 0.316 e. The van der Waals surface area contributed by atoms with E-state index >= 15 is 0 Å². The summed E-state index contributed by atoms with van der Waals surface area (Å²) in [5, 5.41) is 6.48. The molecular weight excluding hydrogens is 314 g/mol. The molecule has 126 valence electrons. The minimum atomic E-state index is -0.450. The van der Waals surface area contributed by atoms with Gasteiger partial charge < -0.3 is 19.3 Å². The lowest BCUT2D eigenvalue weighted by molar-refractivity contribution is -0.161. The third kappa shape index (κ3) is 3.00. The monoisotopic (exact) mass is 331 g/mol. The summed E-state index contributed by atoms with van der Waals surface area (Å²) in [6, 6.07) is 0. The summed E-state index contributed by atoms with van der Waals surface area (Å²) >= 11 is 0. The van der Waals surface area contributed by atoms with Gasteiger partial charge in [-0.3, -0.25) is 9.78 Å². The molecule has 24 heavy (non-hydrogen) atoms. The topological polar surface area (TPSA) is 112 Å². The van der Waals surface area contributed by atoms with Crippen LogP contribution in [0, 0.1) is 0 Å². The van der Waals surface area contributed by atoms with Crippen molar-refractivity contribution in [3.05, 3.63) is 24.5 Å². The van der Waals surface area contributed by atoms with Crippen LogP contribution < -0.4 is 5.32 Å². The van der Waals surface area contributed by atoms with Gasteiger partial charge in [0.25, 0.3) is 0 Å². The normalized spacial score (nSPS) is 22.1. The van der Waals surface area contributed by atoms with Crippen LogP contribution in [0.3, 0.4) is 0 Å². The zero-order chi connectivity index (χ0) is 16.4. The van der Waals surface area contributed by atoms with Crippen LogP contribution in [-0.2, 0) is 9.47 Å². The van der Waals surface area contributed by atoms with E-state index in [1.165, 1.54) is 18.6 Å². The first-order valence-electron chi connectivity index (χ1n) is 7.94. The Morgan fingerprint density at radius 1 is 1.33 bits per heavy atom. The van der Waals surface area contributed by atoms with Crippen molar-refractivity contribution in [3.63, 3.8) is 0 Å². The number of nitrogens with one attached hydrogen (secondary N) is 1. The molecule has 1 saturated heterocycles. The molecule has 1 N–H and O–H groups in total. The van der Waals surface area contributed by atoms with Crippen molar-refractivity contribution in [1.29, 1.82) is 0 Å². The van der Waals surface area contributed by atoms with Crippen LogP contribution in [0.4, 0.5) is 0 Å². The standard InChI is InChI=1S/C15H17N5O4/c21-13(14-19-12(20-24-14)11-8-16-5-6-17-11)18-7-10-9-22-15(23-10)3-1-2-4-15/h5-6,8,10H,1-4,7,9H2,(H,18,21). The number of rotatable bonds is 4. The van der Waals surface area contributed by atoms with Crippen molar-refractivity contribution in [2.45, 2.75) is 37.6 Å². The maximum Gasteiger partial charge on any atom is 0.316 e. The lowest BCUT2D eigenvalue weighted by Gasteiger charge is -2.21. The van der Waals surface area contributed by atoms with Crippen LogP contribution in [0.1, 0.15) is 36.4 Å². The minimum absolute atomic E-state index is 0.120. The first-order chi connectivity index (χ1) is 11.7. The van der Waals surface area contributed by atoms with E-state index in [0.717, 1.165) is 25.7 Å². The summed E-state index contributed by atoms with van der Waals surface area (Å²) in [5.74, 6) is -0.781. The molecule has 1 amide bonds. The second-order valence-electron chi connectivity index (χ2n) is 5.89. The Morgan fingerprint density at radius 2 is 2.21 bits per heavy atom. The second-order valence-corrected chi connectivity index (χ2v) is 5.89. The van der Waals surface area contributed by atoms with E-state index in [4.69, 9.17) is 14.0 Å². The third-order valence-electron chi connectivity index (χ3n) is 4.18. The van der Waals surface area contributed by atoms with Crippen molar-refractivity contribution in [2.24, 2.45) is 0 Å². The first kappa shape index (κ1) is 15.2. The third-order valence-corrected chi connectivity index (χ3v) is 4.18. The molecule has 1 unspecified atom stereocenters. The van der Waals surface area contributed by atoms with Crippen molar-refractivity contribution in [1.82, 2.24) is 25.4 Å².